The van der Waals surface area contributed by atoms with E-state index < -0.39 is 0 Å². The molecule has 96 valence electrons. The molecule has 0 radical (unpaired) electrons. The van der Waals surface area contributed by atoms with Gasteiger partial charge in [-0.3, -0.25) is 15.0 Å². The molecule has 6 heteroatoms. The van der Waals surface area contributed by atoms with E-state index in [0.29, 0.717) is 28.6 Å². The molecule has 2 aromatic rings. The molecule has 0 unspecified atom stereocenters. The Morgan fingerprint density at radius 1 is 1.39 bits per heavy atom. The third-order valence-electron chi connectivity index (χ3n) is 2.60. The summed E-state index contributed by atoms with van der Waals surface area (Å²) >= 11 is 6.10. The van der Waals surface area contributed by atoms with Gasteiger partial charge in [-0.2, -0.15) is 0 Å². The van der Waals surface area contributed by atoms with E-state index in [0.717, 1.165) is 5.56 Å². The smallest absolute Gasteiger partial charge is 0.269 e. The summed E-state index contributed by atoms with van der Waals surface area (Å²) in [5.41, 5.74) is 7.30. The minimum absolute atomic E-state index is 0.166. The number of aromatic nitrogens is 2. The molecule has 18 heavy (non-hydrogen) atoms. The first-order chi connectivity index (χ1) is 8.67. The number of nitrogens with one attached hydrogen (secondary N) is 2. The molecule has 0 saturated carbocycles. The zero-order valence-electron chi connectivity index (χ0n) is 9.92. The Hall–Kier alpha value is -1.72. The van der Waals surface area contributed by atoms with Crippen LogP contribution in [0.3, 0.4) is 0 Å². The topological polar surface area (TPSA) is 83.9 Å². The average molecular weight is 268 g/mol. The zero-order chi connectivity index (χ0) is 13.1. The summed E-state index contributed by atoms with van der Waals surface area (Å²) in [6, 6.07) is 5.34. The standard InChI is InChI=1S/C12H14ClN3O2/c1-2-18-10-4-3-7(5-9(10)13)11-8(6-14)12(17)16-15-11/h3-5H,2,6,14H2,1H3,(H2,15,16,17). The lowest BCUT2D eigenvalue weighted by molar-refractivity contribution is 0.340. The summed E-state index contributed by atoms with van der Waals surface area (Å²) in [6.07, 6.45) is 0. The summed E-state index contributed by atoms with van der Waals surface area (Å²) in [5, 5.41) is 5.81. The molecule has 0 aliphatic carbocycles. The summed E-state index contributed by atoms with van der Waals surface area (Å²) in [6.45, 7) is 2.60. The quantitative estimate of drug-likeness (QED) is 0.791. The van der Waals surface area contributed by atoms with Crippen LogP contribution >= 0.6 is 11.6 Å². The van der Waals surface area contributed by atoms with E-state index in [1.54, 1.807) is 12.1 Å². The lowest BCUT2D eigenvalue weighted by atomic mass is 10.1. The van der Waals surface area contributed by atoms with Crippen molar-refractivity contribution in [2.24, 2.45) is 5.73 Å². The third-order valence-corrected chi connectivity index (χ3v) is 2.90. The third kappa shape index (κ3) is 2.27. The fraction of sp³-hybridized carbons (Fsp3) is 0.250. The molecule has 0 aliphatic heterocycles. The van der Waals surface area contributed by atoms with E-state index in [1.807, 2.05) is 13.0 Å². The number of halogens is 1. The van der Waals surface area contributed by atoms with Crippen LogP contribution in [-0.2, 0) is 6.54 Å². The van der Waals surface area contributed by atoms with Crippen molar-refractivity contribution in [2.75, 3.05) is 6.61 Å². The van der Waals surface area contributed by atoms with Crippen LogP contribution in [0, 0.1) is 0 Å². The Morgan fingerprint density at radius 3 is 2.78 bits per heavy atom. The number of rotatable bonds is 4. The highest BCUT2D eigenvalue weighted by molar-refractivity contribution is 6.32. The molecule has 1 aromatic heterocycles. The fourth-order valence-electron chi connectivity index (χ4n) is 1.75. The highest BCUT2D eigenvalue weighted by Crippen LogP contribution is 2.30. The van der Waals surface area contributed by atoms with E-state index in [-0.39, 0.29) is 12.1 Å². The van der Waals surface area contributed by atoms with Crippen LogP contribution in [0.1, 0.15) is 12.5 Å². The molecule has 0 aliphatic rings. The normalized spacial score (nSPS) is 10.6. The van der Waals surface area contributed by atoms with Crippen LogP contribution in [-0.4, -0.2) is 16.8 Å². The lowest BCUT2D eigenvalue weighted by Crippen LogP contribution is -2.10. The lowest BCUT2D eigenvalue weighted by Gasteiger charge is -2.07. The number of nitrogens with two attached hydrogens (primary N) is 1. The van der Waals surface area contributed by atoms with E-state index in [1.165, 1.54) is 0 Å². The number of aromatic amines is 2. The van der Waals surface area contributed by atoms with Gasteiger partial charge in [-0.05, 0) is 25.1 Å². The van der Waals surface area contributed by atoms with Crippen molar-refractivity contribution in [1.82, 2.24) is 10.2 Å². The van der Waals surface area contributed by atoms with Crippen molar-refractivity contribution in [3.05, 3.63) is 39.1 Å². The van der Waals surface area contributed by atoms with Crippen molar-refractivity contribution in [2.45, 2.75) is 13.5 Å². The molecule has 0 saturated heterocycles. The molecule has 0 amide bonds. The van der Waals surface area contributed by atoms with Gasteiger partial charge in [0.05, 0.1) is 22.9 Å². The van der Waals surface area contributed by atoms with Crippen molar-refractivity contribution >= 4 is 11.6 Å². The monoisotopic (exact) mass is 267 g/mol. The molecular formula is C12H14ClN3O2. The van der Waals surface area contributed by atoms with Gasteiger partial charge >= 0.3 is 0 Å². The maximum absolute atomic E-state index is 11.5. The fourth-order valence-corrected chi connectivity index (χ4v) is 1.99. The van der Waals surface area contributed by atoms with Gasteiger partial charge in [-0.1, -0.05) is 11.6 Å². The number of H-pyrrole nitrogens is 2. The van der Waals surface area contributed by atoms with Gasteiger partial charge in [0.1, 0.15) is 5.75 Å². The highest BCUT2D eigenvalue weighted by Gasteiger charge is 2.12. The van der Waals surface area contributed by atoms with Gasteiger partial charge in [-0.25, -0.2) is 0 Å². The van der Waals surface area contributed by atoms with Crippen molar-refractivity contribution in [1.29, 1.82) is 0 Å². The Morgan fingerprint density at radius 2 is 2.17 bits per heavy atom. The maximum Gasteiger partial charge on any atom is 0.269 e. The molecule has 2 rings (SSSR count). The van der Waals surface area contributed by atoms with E-state index in [2.05, 4.69) is 10.2 Å². The first-order valence-electron chi connectivity index (χ1n) is 5.59. The summed E-state index contributed by atoms with van der Waals surface area (Å²) in [4.78, 5) is 11.5. The number of hydrogen-bond donors (Lipinski definition) is 3. The average Bonchev–Trinajstić information content (AvgIpc) is 2.73. The van der Waals surface area contributed by atoms with Crippen LogP contribution in [0.5, 0.6) is 5.75 Å². The minimum atomic E-state index is -0.211. The second-order valence-corrected chi connectivity index (χ2v) is 4.12. The van der Waals surface area contributed by atoms with Crippen LogP contribution < -0.4 is 16.0 Å². The number of benzene rings is 1. The summed E-state index contributed by atoms with van der Waals surface area (Å²) in [5.74, 6) is 0.620. The number of ether oxygens (including phenoxy) is 1. The molecular weight excluding hydrogens is 254 g/mol. The maximum atomic E-state index is 11.5. The van der Waals surface area contributed by atoms with E-state index in [4.69, 9.17) is 22.1 Å². The summed E-state index contributed by atoms with van der Waals surface area (Å²) < 4.78 is 5.35. The van der Waals surface area contributed by atoms with Crippen LogP contribution in [0.2, 0.25) is 5.02 Å². The van der Waals surface area contributed by atoms with Gasteiger partial charge in [0.15, 0.2) is 0 Å². The van der Waals surface area contributed by atoms with Gasteiger partial charge in [0.2, 0.25) is 0 Å². The molecule has 5 nitrogen and oxygen atoms in total. The Bertz CT molecular complexity index is 604. The predicted molar refractivity (Wildman–Crippen MR) is 70.9 cm³/mol. The van der Waals surface area contributed by atoms with Gasteiger partial charge < -0.3 is 10.5 Å². The van der Waals surface area contributed by atoms with Crippen molar-refractivity contribution in [3.63, 3.8) is 0 Å². The first-order valence-corrected chi connectivity index (χ1v) is 5.97. The molecule has 0 fully saturated rings. The molecule has 1 aromatic carbocycles. The molecule has 0 atom stereocenters. The van der Waals surface area contributed by atoms with Crippen molar-refractivity contribution < 1.29 is 4.74 Å². The van der Waals surface area contributed by atoms with Crippen LogP contribution in [0.15, 0.2) is 23.0 Å². The van der Waals surface area contributed by atoms with Crippen LogP contribution in [0.4, 0.5) is 0 Å². The Kier molecular flexibility index (Phi) is 3.74. The van der Waals surface area contributed by atoms with Gasteiger partial charge in [0.25, 0.3) is 5.56 Å². The van der Waals surface area contributed by atoms with Gasteiger partial charge in [0, 0.05) is 12.1 Å². The minimum Gasteiger partial charge on any atom is -0.492 e. The SMILES string of the molecule is CCOc1ccc(-c2[nH][nH]c(=O)c2CN)cc1Cl. The van der Waals surface area contributed by atoms with Crippen LogP contribution in [0.25, 0.3) is 11.3 Å². The summed E-state index contributed by atoms with van der Waals surface area (Å²) in [7, 11) is 0. The van der Waals surface area contributed by atoms with E-state index in [9.17, 15) is 4.79 Å². The molecule has 4 N–H and O–H groups in total. The second-order valence-electron chi connectivity index (χ2n) is 3.72. The largest absolute Gasteiger partial charge is 0.492 e. The first kappa shape index (κ1) is 12.7. The molecule has 0 bridgehead atoms. The van der Waals surface area contributed by atoms with Crippen molar-refractivity contribution in [3.8, 4) is 17.0 Å². The second kappa shape index (κ2) is 5.29. The van der Waals surface area contributed by atoms with Gasteiger partial charge in [-0.15, -0.1) is 0 Å². The molecule has 0 spiro atoms. The predicted octanol–water partition coefficient (Wildman–Crippen LogP) is 1.88. The Labute approximate surface area is 109 Å². The number of hydrogen-bond acceptors (Lipinski definition) is 3. The molecule has 1 heterocycles. The Balaban J connectivity index is 2.45. The van der Waals surface area contributed by atoms with E-state index >= 15 is 0 Å². The highest BCUT2D eigenvalue weighted by atomic mass is 35.5. The zero-order valence-corrected chi connectivity index (χ0v) is 10.7.